The molecule has 0 unspecified atom stereocenters. The molecule has 1 aromatic heterocycles. The Morgan fingerprint density at radius 2 is 2.09 bits per heavy atom. The molecule has 2 atom stereocenters. The van der Waals surface area contributed by atoms with Gasteiger partial charge in [-0.25, -0.2) is 4.39 Å². The second-order valence-electron chi connectivity index (χ2n) is 8.94. The molecule has 0 aliphatic carbocycles. The number of benzene rings is 1. The standard InChI is InChI=1S/C25H32ClFN4O3/c1-16-19(13-28-14-23(16)29-12-17-3-4-20(26)21(27)11-17)25(32)31-8-5-18(6-9-31)30-22-7-10-34-15-24(22)33-2/h3-4,11,13-14,18,22,24,29-30H,5-10,12,15H2,1-2H3/t22-,24+/m0/s1. The summed E-state index contributed by atoms with van der Waals surface area (Å²) in [4.78, 5) is 19.4. The Balaban J connectivity index is 1.33. The van der Waals surface area contributed by atoms with Gasteiger partial charge >= 0.3 is 0 Å². The van der Waals surface area contributed by atoms with Gasteiger partial charge in [-0.05, 0) is 49.4 Å². The number of carbonyl (C=O) groups is 1. The van der Waals surface area contributed by atoms with E-state index in [0.717, 1.165) is 42.7 Å². The molecule has 2 aliphatic heterocycles. The van der Waals surface area contributed by atoms with Crippen LogP contribution in [0.3, 0.4) is 0 Å². The van der Waals surface area contributed by atoms with Crippen LogP contribution in [0.25, 0.3) is 0 Å². The summed E-state index contributed by atoms with van der Waals surface area (Å²) in [7, 11) is 1.72. The second-order valence-corrected chi connectivity index (χ2v) is 9.35. The van der Waals surface area contributed by atoms with Crippen molar-refractivity contribution in [1.29, 1.82) is 0 Å². The first-order valence-electron chi connectivity index (χ1n) is 11.7. The number of nitrogens with one attached hydrogen (secondary N) is 2. The number of likely N-dealkylation sites (tertiary alicyclic amines) is 1. The van der Waals surface area contributed by atoms with Crippen molar-refractivity contribution < 1.29 is 18.7 Å². The third kappa shape index (κ3) is 5.86. The summed E-state index contributed by atoms with van der Waals surface area (Å²) in [6.07, 6.45) is 6.11. The number of halogens is 2. The first kappa shape index (κ1) is 24.9. The van der Waals surface area contributed by atoms with Crippen LogP contribution in [-0.2, 0) is 16.0 Å². The Bertz CT molecular complexity index is 1000. The van der Waals surface area contributed by atoms with Crippen LogP contribution < -0.4 is 10.6 Å². The number of aromatic nitrogens is 1. The highest BCUT2D eigenvalue weighted by Gasteiger charge is 2.30. The molecule has 3 heterocycles. The minimum atomic E-state index is -0.452. The molecule has 4 rings (SSSR count). The van der Waals surface area contributed by atoms with E-state index in [9.17, 15) is 9.18 Å². The molecule has 1 amide bonds. The van der Waals surface area contributed by atoms with Crippen LogP contribution in [0.2, 0.25) is 5.02 Å². The first-order chi connectivity index (χ1) is 16.5. The maximum absolute atomic E-state index is 13.7. The minimum absolute atomic E-state index is 0.00882. The zero-order valence-electron chi connectivity index (χ0n) is 19.7. The smallest absolute Gasteiger partial charge is 0.255 e. The van der Waals surface area contributed by atoms with Gasteiger partial charge < -0.3 is 25.0 Å². The van der Waals surface area contributed by atoms with Crippen molar-refractivity contribution >= 4 is 23.2 Å². The molecular formula is C25H32ClFN4O3. The summed E-state index contributed by atoms with van der Waals surface area (Å²) in [5, 5.41) is 7.08. The van der Waals surface area contributed by atoms with Crippen LogP contribution in [0.1, 0.15) is 40.7 Å². The number of amides is 1. The highest BCUT2D eigenvalue weighted by atomic mass is 35.5. The predicted molar refractivity (Wildman–Crippen MR) is 130 cm³/mol. The quantitative estimate of drug-likeness (QED) is 0.615. The van der Waals surface area contributed by atoms with Gasteiger partial charge in [0.15, 0.2) is 0 Å². The van der Waals surface area contributed by atoms with Gasteiger partial charge in [-0.3, -0.25) is 9.78 Å². The summed E-state index contributed by atoms with van der Waals surface area (Å²) in [5.41, 5.74) is 2.93. The molecule has 0 saturated carbocycles. The van der Waals surface area contributed by atoms with E-state index in [1.807, 2.05) is 11.8 Å². The van der Waals surface area contributed by atoms with Crippen molar-refractivity contribution in [1.82, 2.24) is 15.2 Å². The first-order valence-corrected chi connectivity index (χ1v) is 12.1. The maximum Gasteiger partial charge on any atom is 0.255 e. The number of ether oxygens (including phenoxy) is 2. The Labute approximate surface area is 205 Å². The van der Waals surface area contributed by atoms with E-state index >= 15 is 0 Å². The monoisotopic (exact) mass is 490 g/mol. The molecule has 2 aromatic rings. The molecule has 2 saturated heterocycles. The molecule has 34 heavy (non-hydrogen) atoms. The average Bonchev–Trinajstić information content (AvgIpc) is 2.86. The number of anilines is 1. The molecule has 2 fully saturated rings. The summed E-state index contributed by atoms with van der Waals surface area (Å²) in [6.45, 7) is 5.06. The van der Waals surface area contributed by atoms with E-state index in [4.69, 9.17) is 21.1 Å². The fourth-order valence-corrected chi connectivity index (χ4v) is 4.74. The van der Waals surface area contributed by atoms with E-state index in [1.165, 1.54) is 12.1 Å². The minimum Gasteiger partial charge on any atom is -0.379 e. The molecule has 2 N–H and O–H groups in total. The van der Waals surface area contributed by atoms with Gasteiger partial charge in [0.25, 0.3) is 5.91 Å². The molecule has 7 nitrogen and oxygen atoms in total. The molecule has 1 aromatic carbocycles. The molecule has 0 radical (unpaired) electrons. The van der Waals surface area contributed by atoms with Gasteiger partial charge in [-0.1, -0.05) is 17.7 Å². The highest BCUT2D eigenvalue weighted by molar-refractivity contribution is 6.30. The van der Waals surface area contributed by atoms with Gasteiger partial charge in [-0.2, -0.15) is 0 Å². The van der Waals surface area contributed by atoms with Crippen LogP contribution >= 0.6 is 11.6 Å². The zero-order valence-corrected chi connectivity index (χ0v) is 20.4. The van der Waals surface area contributed by atoms with Crippen LogP contribution in [-0.4, -0.2) is 67.4 Å². The van der Waals surface area contributed by atoms with E-state index < -0.39 is 5.82 Å². The predicted octanol–water partition coefficient (Wildman–Crippen LogP) is 3.79. The van der Waals surface area contributed by atoms with Crippen molar-refractivity contribution in [2.45, 2.75) is 50.9 Å². The van der Waals surface area contributed by atoms with E-state index in [-0.39, 0.29) is 23.1 Å². The fourth-order valence-electron chi connectivity index (χ4n) is 4.62. The molecular weight excluding hydrogens is 459 g/mol. The highest BCUT2D eigenvalue weighted by Crippen LogP contribution is 2.23. The Kier molecular flexibility index (Phi) is 8.37. The van der Waals surface area contributed by atoms with E-state index in [1.54, 1.807) is 25.6 Å². The Morgan fingerprint density at radius 1 is 1.29 bits per heavy atom. The number of piperidine rings is 1. The summed E-state index contributed by atoms with van der Waals surface area (Å²) in [6, 6.07) is 5.35. The molecule has 0 bridgehead atoms. The number of methoxy groups -OCH3 is 1. The summed E-state index contributed by atoms with van der Waals surface area (Å²) in [5.74, 6) is -0.460. The number of rotatable bonds is 7. The lowest BCUT2D eigenvalue weighted by Crippen LogP contribution is -2.54. The van der Waals surface area contributed by atoms with Gasteiger partial charge in [0.05, 0.1) is 35.2 Å². The van der Waals surface area contributed by atoms with Crippen molar-refractivity contribution in [3.05, 3.63) is 58.1 Å². The largest absolute Gasteiger partial charge is 0.379 e. The number of hydrogen-bond acceptors (Lipinski definition) is 6. The Morgan fingerprint density at radius 3 is 2.82 bits per heavy atom. The molecule has 2 aliphatic rings. The van der Waals surface area contributed by atoms with Crippen LogP contribution in [0.4, 0.5) is 10.1 Å². The maximum atomic E-state index is 13.7. The lowest BCUT2D eigenvalue weighted by molar-refractivity contribution is -0.0533. The van der Waals surface area contributed by atoms with Crippen LogP contribution in [0, 0.1) is 12.7 Å². The third-order valence-electron chi connectivity index (χ3n) is 6.75. The fraction of sp³-hybridized carbons (Fsp3) is 0.520. The average molecular weight is 491 g/mol. The van der Waals surface area contributed by atoms with Gasteiger partial charge in [0.2, 0.25) is 0 Å². The number of pyridine rings is 1. The van der Waals surface area contributed by atoms with Crippen molar-refractivity contribution in [3.8, 4) is 0 Å². The molecule has 9 heteroatoms. The van der Waals surface area contributed by atoms with Crippen molar-refractivity contribution in [2.75, 3.05) is 38.7 Å². The normalized spacial score (nSPS) is 21.5. The summed E-state index contributed by atoms with van der Waals surface area (Å²) >= 11 is 5.76. The SMILES string of the molecule is CO[C@@H]1COCC[C@@H]1NC1CCN(C(=O)c2cncc(NCc3ccc(Cl)c(F)c3)c2C)CC1. The molecule has 0 spiro atoms. The topological polar surface area (TPSA) is 75.7 Å². The lowest BCUT2D eigenvalue weighted by Gasteiger charge is -2.38. The zero-order chi connectivity index (χ0) is 24.1. The number of hydrogen-bond donors (Lipinski definition) is 2. The van der Waals surface area contributed by atoms with Crippen molar-refractivity contribution in [3.63, 3.8) is 0 Å². The van der Waals surface area contributed by atoms with Gasteiger partial charge in [-0.15, -0.1) is 0 Å². The lowest BCUT2D eigenvalue weighted by atomic mass is 9.99. The molecule has 184 valence electrons. The van der Waals surface area contributed by atoms with Crippen LogP contribution in [0.5, 0.6) is 0 Å². The van der Waals surface area contributed by atoms with Crippen LogP contribution in [0.15, 0.2) is 30.6 Å². The Hall–Kier alpha value is -2.26. The van der Waals surface area contributed by atoms with Crippen molar-refractivity contribution in [2.24, 2.45) is 0 Å². The van der Waals surface area contributed by atoms with E-state index in [0.29, 0.717) is 37.8 Å². The summed E-state index contributed by atoms with van der Waals surface area (Å²) < 4.78 is 24.8. The number of carbonyl (C=O) groups excluding carboxylic acids is 1. The number of nitrogens with zero attached hydrogens (tertiary/aromatic N) is 2. The van der Waals surface area contributed by atoms with E-state index in [2.05, 4.69) is 15.6 Å². The van der Waals surface area contributed by atoms with Gasteiger partial charge in [0.1, 0.15) is 5.82 Å². The third-order valence-corrected chi connectivity index (χ3v) is 7.06. The van der Waals surface area contributed by atoms with Gasteiger partial charge in [0, 0.05) is 51.6 Å². The second kappa shape index (κ2) is 11.4.